The molecule has 0 saturated heterocycles. The molecule has 0 bridgehead atoms. The quantitative estimate of drug-likeness (QED) is 0.192. The summed E-state index contributed by atoms with van der Waals surface area (Å²) in [6.07, 6.45) is 1.50. The summed E-state index contributed by atoms with van der Waals surface area (Å²) in [5.74, 6) is 2.10. The van der Waals surface area contributed by atoms with Crippen molar-refractivity contribution in [1.82, 2.24) is 10.4 Å². The maximum Gasteiger partial charge on any atom is 0.271 e. The van der Waals surface area contributed by atoms with Crippen LogP contribution in [0.4, 0.5) is 0 Å². The number of carbonyl (C=O) groups is 1. The molecule has 0 unspecified atom stereocenters. The first-order valence-electron chi connectivity index (χ1n) is 10.3. The Bertz CT molecular complexity index is 1290. The second-order valence-electron chi connectivity index (χ2n) is 7.08. The van der Waals surface area contributed by atoms with Gasteiger partial charge in [0.2, 0.25) is 0 Å². The molecule has 1 heterocycles. The Hall–Kier alpha value is -3.56. The molecular weight excluding hydrogens is 470 g/mol. The molecule has 7 nitrogen and oxygen atoms in total. The van der Waals surface area contributed by atoms with Crippen LogP contribution in [0.5, 0.6) is 17.2 Å². The van der Waals surface area contributed by atoms with E-state index in [4.69, 9.17) is 14.2 Å². The van der Waals surface area contributed by atoms with Crippen LogP contribution >= 0.6 is 23.1 Å². The average molecular weight is 494 g/mol. The van der Waals surface area contributed by atoms with Gasteiger partial charge in [0, 0.05) is 22.9 Å². The van der Waals surface area contributed by atoms with Gasteiger partial charge in [-0.3, -0.25) is 4.79 Å². The number of para-hydroxylation sites is 1. The Labute approximate surface area is 205 Å². The van der Waals surface area contributed by atoms with E-state index in [1.807, 2.05) is 30.3 Å². The Morgan fingerprint density at radius 3 is 2.41 bits per heavy atom. The lowest BCUT2D eigenvalue weighted by molar-refractivity contribution is 0.0955. The lowest BCUT2D eigenvalue weighted by atomic mass is 10.1. The number of rotatable bonds is 9. The normalized spacial score (nSPS) is 11.0. The maximum atomic E-state index is 12.5. The van der Waals surface area contributed by atoms with Crippen molar-refractivity contribution in [2.75, 3.05) is 21.3 Å². The summed E-state index contributed by atoms with van der Waals surface area (Å²) < 4.78 is 18.2. The molecule has 0 fully saturated rings. The van der Waals surface area contributed by atoms with Crippen LogP contribution in [0.25, 0.3) is 10.2 Å². The number of hydrazone groups is 1. The van der Waals surface area contributed by atoms with Gasteiger partial charge >= 0.3 is 0 Å². The standard InChI is InChI=1S/C25H23N3O4S2/c1-30-20-13-22(32-3)21(31-2)12-18(20)14-26-28-24(29)17-10-8-16(9-11-17)15-33-25-27-19-6-4-5-7-23(19)34-25/h4-14H,15H2,1-3H3,(H,28,29)/b26-14-. The molecule has 3 aromatic carbocycles. The van der Waals surface area contributed by atoms with Crippen molar-refractivity contribution in [3.8, 4) is 17.2 Å². The summed E-state index contributed by atoms with van der Waals surface area (Å²) in [6, 6.07) is 19.0. The SMILES string of the molecule is COc1cc(OC)c(OC)cc1/C=N\NC(=O)c1ccc(CSc2nc3ccccc3s2)cc1. The van der Waals surface area contributed by atoms with Crippen molar-refractivity contribution in [1.29, 1.82) is 0 Å². The van der Waals surface area contributed by atoms with E-state index in [2.05, 4.69) is 21.6 Å². The topological polar surface area (TPSA) is 82.0 Å². The first kappa shape index (κ1) is 23.6. The van der Waals surface area contributed by atoms with Crippen LogP contribution in [-0.4, -0.2) is 38.4 Å². The predicted molar refractivity (Wildman–Crippen MR) is 137 cm³/mol. The van der Waals surface area contributed by atoms with E-state index >= 15 is 0 Å². The molecule has 1 aromatic heterocycles. The second kappa shape index (κ2) is 11.0. The number of hydrogen-bond acceptors (Lipinski definition) is 8. The molecule has 174 valence electrons. The number of nitrogens with one attached hydrogen (secondary N) is 1. The number of nitrogens with zero attached hydrogens (tertiary/aromatic N) is 2. The van der Waals surface area contributed by atoms with Crippen LogP contribution in [0, 0.1) is 0 Å². The molecule has 9 heteroatoms. The number of benzene rings is 3. The van der Waals surface area contributed by atoms with Crippen LogP contribution < -0.4 is 19.6 Å². The Kier molecular flexibility index (Phi) is 7.66. The van der Waals surface area contributed by atoms with Gasteiger partial charge in [-0.2, -0.15) is 5.10 Å². The van der Waals surface area contributed by atoms with E-state index in [1.54, 1.807) is 68.7 Å². The van der Waals surface area contributed by atoms with Gasteiger partial charge in [-0.05, 0) is 35.9 Å². The number of thiazole rings is 1. The molecule has 34 heavy (non-hydrogen) atoms. The molecule has 0 saturated carbocycles. The van der Waals surface area contributed by atoms with Gasteiger partial charge in [0.15, 0.2) is 15.8 Å². The fraction of sp³-hybridized carbons (Fsp3) is 0.160. The molecule has 0 aliphatic rings. The monoisotopic (exact) mass is 493 g/mol. The summed E-state index contributed by atoms with van der Waals surface area (Å²) in [6.45, 7) is 0. The third kappa shape index (κ3) is 5.49. The Balaban J connectivity index is 1.36. The van der Waals surface area contributed by atoms with Gasteiger partial charge in [0.05, 0.1) is 37.8 Å². The second-order valence-corrected chi connectivity index (χ2v) is 9.33. The van der Waals surface area contributed by atoms with Crippen molar-refractivity contribution in [3.63, 3.8) is 0 Å². The van der Waals surface area contributed by atoms with Crippen molar-refractivity contribution >= 4 is 45.4 Å². The average Bonchev–Trinajstić information content (AvgIpc) is 3.30. The highest BCUT2D eigenvalue weighted by Gasteiger charge is 2.11. The molecule has 1 N–H and O–H groups in total. The Morgan fingerprint density at radius 2 is 1.71 bits per heavy atom. The summed E-state index contributed by atoms with van der Waals surface area (Å²) in [5.41, 5.74) is 5.84. The lowest BCUT2D eigenvalue weighted by Gasteiger charge is -2.11. The highest BCUT2D eigenvalue weighted by Crippen LogP contribution is 2.34. The molecular formula is C25H23N3O4S2. The first-order chi connectivity index (χ1) is 16.6. The molecule has 0 atom stereocenters. The van der Waals surface area contributed by atoms with Gasteiger partial charge in [-0.1, -0.05) is 36.0 Å². The number of thioether (sulfide) groups is 1. The zero-order valence-corrected chi connectivity index (χ0v) is 20.5. The smallest absolute Gasteiger partial charge is 0.271 e. The summed E-state index contributed by atoms with van der Waals surface area (Å²) in [7, 11) is 4.65. The van der Waals surface area contributed by atoms with Crippen molar-refractivity contribution < 1.29 is 19.0 Å². The zero-order valence-electron chi connectivity index (χ0n) is 18.9. The van der Waals surface area contributed by atoms with Crippen molar-refractivity contribution in [3.05, 3.63) is 77.4 Å². The molecule has 0 spiro atoms. The van der Waals surface area contributed by atoms with Crippen molar-refractivity contribution in [2.45, 2.75) is 10.1 Å². The molecule has 0 aliphatic heterocycles. The minimum absolute atomic E-state index is 0.305. The Morgan fingerprint density at radius 1 is 1.00 bits per heavy atom. The zero-order chi connectivity index (χ0) is 23.9. The number of fused-ring (bicyclic) bond motifs is 1. The van der Waals surface area contributed by atoms with Gasteiger partial charge < -0.3 is 14.2 Å². The summed E-state index contributed by atoms with van der Waals surface area (Å²) >= 11 is 3.37. The first-order valence-corrected chi connectivity index (χ1v) is 12.1. The number of amides is 1. The van der Waals surface area contributed by atoms with E-state index in [9.17, 15) is 4.79 Å². The third-order valence-electron chi connectivity index (χ3n) is 4.96. The third-order valence-corrected chi connectivity index (χ3v) is 7.21. The molecule has 0 radical (unpaired) electrons. The fourth-order valence-corrected chi connectivity index (χ4v) is 5.21. The van der Waals surface area contributed by atoms with Crippen LogP contribution in [0.15, 0.2) is 70.1 Å². The van der Waals surface area contributed by atoms with Crippen LogP contribution in [0.3, 0.4) is 0 Å². The minimum Gasteiger partial charge on any atom is -0.496 e. The van der Waals surface area contributed by atoms with E-state index in [0.717, 1.165) is 21.2 Å². The van der Waals surface area contributed by atoms with Gasteiger partial charge in [-0.25, -0.2) is 10.4 Å². The van der Waals surface area contributed by atoms with Gasteiger partial charge in [0.25, 0.3) is 5.91 Å². The molecule has 4 rings (SSSR count). The number of carbonyl (C=O) groups excluding carboxylic acids is 1. The van der Waals surface area contributed by atoms with Crippen LogP contribution in [-0.2, 0) is 5.75 Å². The highest BCUT2D eigenvalue weighted by atomic mass is 32.2. The largest absolute Gasteiger partial charge is 0.496 e. The lowest BCUT2D eigenvalue weighted by Crippen LogP contribution is -2.17. The fourth-order valence-electron chi connectivity index (χ4n) is 3.19. The van der Waals surface area contributed by atoms with E-state index in [-0.39, 0.29) is 5.91 Å². The van der Waals surface area contributed by atoms with Crippen LogP contribution in [0.1, 0.15) is 21.5 Å². The molecule has 1 amide bonds. The highest BCUT2D eigenvalue weighted by molar-refractivity contribution is 8.00. The minimum atomic E-state index is -0.305. The molecule has 4 aromatic rings. The van der Waals surface area contributed by atoms with E-state index < -0.39 is 0 Å². The number of ether oxygens (including phenoxy) is 3. The van der Waals surface area contributed by atoms with Crippen molar-refractivity contribution in [2.24, 2.45) is 5.10 Å². The summed E-state index contributed by atoms with van der Waals surface area (Å²) in [4.78, 5) is 17.1. The van der Waals surface area contributed by atoms with E-state index in [1.165, 1.54) is 10.9 Å². The summed E-state index contributed by atoms with van der Waals surface area (Å²) in [5, 5.41) is 4.06. The predicted octanol–water partition coefficient (Wildman–Crippen LogP) is 5.38. The number of aromatic nitrogens is 1. The van der Waals surface area contributed by atoms with Gasteiger partial charge in [-0.15, -0.1) is 11.3 Å². The molecule has 0 aliphatic carbocycles. The van der Waals surface area contributed by atoms with Crippen LogP contribution in [0.2, 0.25) is 0 Å². The van der Waals surface area contributed by atoms with E-state index in [0.29, 0.717) is 28.4 Å². The number of methoxy groups -OCH3 is 3. The maximum absolute atomic E-state index is 12.5. The number of hydrogen-bond donors (Lipinski definition) is 1. The van der Waals surface area contributed by atoms with Gasteiger partial charge in [0.1, 0.15) is 5.75 Å².